The number of hydrogen-bond acceptors (Lipinski definition) is 6. The molecule has 4 rings (SSSR count). The van der Waals surface area contributed by atoms with Crippen molar-refractivity contribution in [3.05, 3.63) is 82.8 Å². The Labute approximate surface area is 192 Å². The lowest BCUT2D eigenvalue weighted by atomic mass is 10.0. The van der Waals surface area contributed by atoms with E-state index in [0.29, 0.717) is 31.1 Å². The second-order valence-electron chi connectivity index (χ2n) is 7.76. The zero-order valence-electron chi connectivity index (χ0n) is 18.2. The SMILES string of the molecule is COc1cccc(C2CN(c3ccc(C(F)(F)F)c(C(=O)c4cccnc4C)n3)CCN2)c1.[HH].[HH]. The normalized spacial score (nSPS) is 16.5. The first-order valence-electron chi connectivity index (χ1n) is 10.4. The number of carbonyl (C=O) groups excluding carboxylic acids is 1. The summed E-state index contributed by atoms with van der Waals surface area (Å²) in [5.41, 5.74) is -0.231. The van der Waals surface area contributed by atoms with Gasteiger partial charge in [0.15, 0.2) is 0 Å². The molecule has 0 bridgehead atoms. The van der Waals surface area contributed by atoms with Crippen molar-refractivity contribution < 1.29 is 25.6 Å². The van der Waals surface area contributed by atoms with E-state index in [4.69, 9.17) is 4.74 Å². The van der Waals surface area contributed by atoms with Crippen molar-refractivity contribution in [2.24, 2.45) is 0 Å². The molecule has 0 saturated carbocycles. The summed E-state index contributed by atoms with van der Waals surface area (Å²) in [5, 5.41) is 3.41. The lowest BCUT2D eigenvalue weighted by Crippen LogP contribution is -2.46. The number of nitrogens with zero attached hydrogens (tertiary/aromatic N) is 3. The van der Waals surface area contributed by atoms with Crippen molar-refractivity contribution >= 4 is 11.6 Å². The van der Waals surface area contributed by atoms with Crippen LogP contribution in [0.2, 0.25) is 0 Å². The van der Waals surface area contributed by atoms with Crippen molar-refractivity contribution in [2.45, 2.75) is 19.1 Å². The van der Waals surface area contributed by atoms with Gasteiger partial charge < -0.3 is 15.0 Å². The van der Waals surface area contributed by atoms with Crippen LogP contribution in [0, 0.1) is 6.92 Å². The third-order valence-electron chi connectivity index (χ3n) is 5.65. The van der Waals surface area contributed by atoms with Crippen LogP contribution < -0.4 is 15.0 Å². The number of methoxy groups -OCH3 is 1. The molecule has 33 heavy (non-hydrogen) atoms. The van der Waals surface area contributed by atoms with Gasteiger partial charge in [-0.15, -0.1) is 0 Å². The van der Waals surface area contributed by atoms with E-state index in [0.717, 1.165) is 17.4 Å². The molecule has 1 aromatic carbocycles. The Balaban J connectivity index is 0.00000216. The fraction of sp³-hybridized carbons (Fsp3) is 0.292. The maximum atomic E-state index is 13.7. The van der Waals surface area contributed by atoms with Gasteiger partial charge >= 0.3 is 6.18 Å². The van der Waals surface area contributed by atoms with E-state index in [1.54, 1.807) is 14.0 Å². The summed E-state index contributed by atoms with van der Waals surface area (Å²) >= 11 is 0. The summed E-state index contributed by atoms with van der Waals surface area (Å²) in [4.78, 5) is 23.2. The number of aromatic nitrogens is 2. The highest BCUT2D eigenvalue weighted by atomic mass is 19.4. The van der Waals surface area contributed by atoms with Crippen LogP contribution in [0.3, 0.4) is 0 Å². The van der Waals surface area contributed by atoms with Crippen LogP contribution in [-0.2, 0) is 6.18 Å². The highest BCUT2D eigenvalue weighted by Gasteiger charge is 2.37. The number of alkyl halides is 3. The fourth-order valence-corrected chi connectivity index (χ4v) is 3.92. The fourth-order valence-electron chi connectivity index (χ4n) is 3.92. The van der Waals surface area contributed by atoms with Crippen LogP contribution in [0.4, 0.5) is 19.0 Å². The molecule has 1 saturated heterocycles. The number of rotatable bonds is 5. The highest BCUT2D eigenvalue weighted by molar-refractivity contribution is 6.09. The molecule has 0 amide bonds. The summed E-state index contributed by atoms with van der Waals surface area (Å²) in [6.07, 6.45) is -3.22. The van der Waals surface area contributed by atoms with Crippen molar-refractivity contribution in [3.8, 4) is 5.75 Å². The summed E-state index contributed by atoms with van der Waals surface area (Å²) in [6, 6.07) is 12.8. The van der Waals surface area contributed by atoms with E-state index in [2.05, 4.69) is 15.3 Å². The Kier molecular flexibility index (Phi) is 6.33. The lowest BCUT2D eigenvalue weighted by Gasteiger charge is -2.35. The zero-order valence-corrected chi connectivity index (χ0v) is 18.2. The van der Waals surface area contributed by atoms with Gasteiger partial charge in [-0.2, -0.15) is 13.2 Å². The van der Waals surface area contributed by atoms with Gasteiger partial charge in [-0.1, -0.05) is 12.1 Å². The van der Waals surface area contributed by atoms with Gasteiger partial charge in [-0.25, -0.2) is 4.98 Å². The van der Waals surface area contributed by atoms with E-state index in [1.807, 2.05) is 29.2 Å². The first kappa shape index (κ1) is 22.7. The standard InChI is InChI=1S/C24H23F3N4O2.2H2/c1-15-18(7-4-10-28-15)23(32)22-19(24(25,26)27)8-9-21(30-22)31-12-11-29-20(14-31)16-5-3-6-17(13-16)33-2;;/h3-10,13,20,29H,11-12,14H2,1-2H3;2*1H. The largest absolute Gasteiger partial charge is 0.497 e. The molecule has 9 heteroatoms. The van der Waals surface area contributed by atoms with E-state index >= 15 is 0 Å². The number of benzene rings is 1. The average Bonchev–Trinajstić information content (AvgIpc) is 2.83. The lowest BCUT2D eigenvalue weighted by molar-refractivity contribution is -0.138. The smallest absolute Gasteiger partial charge is 0.418 e. The molecular formula is C24H27F3N4O2. The van der Waals surface area contributed by atoms with E-state index in [-0.39, 0.29) is 14.5 Å². The Bertz CT molecular complexity index is 1180. The minimum Gasteiger partial charge on any atom is -0.497 e. The number of aryl methyl sites for hydroxylation is 1. The number of piperazine rings is 1. The first-order chi connectivity index (χ1) is 15.8. The first-order valence-corrected chi connectivity index (χ1v) is 10.4. The number of pyridine rings is 2. The van der Waals surface area contributed by atoms with Gasteiger partial charge in [0.05, 0.1) is 18.7 Å². The molecule has 0 spiro atoms. The number of hydrogen-bond donors (Lipinski definition) is 1. The van der Waals surface area contributed by atoms with Crippen LogP contribution in [0.15, 0.2) is 54.7 Å². The Hall–Kier alpha value is -3.46. The molecule has 176 valence electrons. The highest BCUT2D eigenvalue weighted by Crippen LogP contribution is 2.34. The molecule has 1 fully saturated rings. The number of halogens is 3. The van der Waals surface area contributed by atoms with Crippen LogP contribution in [0.5, 0.6) is 5.75 Å². The van der Waals surface area contributed by atoms with Crippen LogP contribution in [-0.4, -0.2) is 42.5 Å². The van der Waals surface area contributed by atoms with E-state index in [9.17, 15) is 18.0 Å². The molecule has 1 N–H and O–H groups in total. The van der Waals surface area contributed by atoms with Crippen LogP contribution in [0.25, 0.3) is 0 Å². The molecule has 6 nitrogen and oxygen atoms in total. The van der Waals surface area contributed by atoms with E-state index < -0.39 is 23.2 Å². The quantitative estimate of drug-likeness (QED) is 0.558. The van der Waals surface area contributed by atoms with Crippen molar-refractivity contribution in [3.63, 3.8) is 0 Å². The maximum absolute atomic E-state index is 13.7. The predicted molar refractivity (Wildman–Crippen MR) is 122 cm³/mol. The minimum atomic E-state index is -4.71. The molecule has 1 aliphatic heterocycles. The summed E-state index contributed by atoms with van der Waals surface area (Å²) in [5.74, 6) is 0.246. The molecule has 3 aromatic rings. The monoisotopic (exact) mass is 460 g/mol. The molecule has 1 unspecified atom stereocenters. The minimum absolute atomic E-state index is 0. The van der Waals surface area contributed by atoms with Crippen LogP contribution >= 0.6 is 0 Å². The number of ketones is 1. The van der Waals surface area contributed by atoms with Gasteiger partial charge in [0.1, 0.15) is 17.3 Å². The third-order valence-corrected chi connectivity index (χ3v) is 5.65. The van der Waals surface area contributed by atoms with Crippen molar-refractivity contribution in [1.82, 2.24) is 15.3 Å². The number of anilines is 1. The summed E-state index contributed by atoms with van der Waals surface area (Å²) in [7, 11) is 1.59. The molecule has 0 aliphatic carbocycles. The Morgan fingerprint density at radius 2 is 2.03 bits per heavy atom. The molecule has 3 heterocycles. The van der Waals surface area contributed by atoms with Gasteiger partial charge in [-0.05, 0) is 48.9 Å². The second-order valence-corrected chi connectivity index (χ2v) is 7.76. The molecule has 1 atom stereocenters. The molecule has 0 radical (unpaired) electrons. The van der Waals surface area contributed by atoms with Crippen molar-refractivity contribution in [1.29, 1.82) is 0 Å². The van der Waals surface area contributed by atoms with Gasteiger partial charge in [0.2, 0.25) is 5.78 Å². The third kappa shape index (κ3) is 4.83. The average molecular weight is 461 g/mol. The molecular weight excluding hydrogens is 433 g/mol. The number of nitrogens with one attached hydrogen (secondary N) is 1. The summed E-state index contributed by atoms with van der Waals surface area (Å²) in [6.45, 7) is 3.21. The predicted octanol–water partition coefficient (Wildman–Crippen LogP) is 4.69. The Morgan fingerprint density at radius 1 is 1.21 bits per heavy atom. The molecule has 2 aromatic heterocycles. The van der Waals surface area contributed by atoms with E-state index in [1.165, 1.54) is 24.4 Å². The topological polar surface area (TPSA) is 67.3 Å². The van der Waals surface area contributed by atoms with Gasteiger partial charge in [0, 0.05) is 39.9 Å². The second kappa shape index (κ2) is 9.19. The van der Waals surface area contributed by atoms with Crippen LogP contribution in [0.1, 0.15) is 41.8 Å². The summed E-state index contributed by atoms with van der Waals surface area (Å²) < 4.78 is 46.4. The van der Waals surface area contributed by atoms with Gasteiger partial charge in [-0.3, -0.25) is 9.78 Å². The zero-order chi connectivity index (χ0) is 23.6. The maximum Gasteiger partial charge on any atom is 0.418 e. The number of ether oxygens (including phenoxy) is 1. The Morgan fingerprint density at radius 3 is 2.76 bits per heavy atom. The number of carbonyl (C=O) groups is 1. The van der Waals surface area contributed by atoms with Crippen molar-refractivity contribution in [2.75, 3.05) is 31.6 Å². The van der Waals surface area contributed by atoms with Gasteiger partial charge in [0.25, 0.3) is 0 Å². The molecule has 1 aliphatic rings.